The van der Waals surface area contributed by atoms with Crippen LogP contribution in [0.1, 0.15) is 32.5 Å². The number of benzene rings is 1. The molecule has 0 bridgehead atoms. The Morgan fingerprint density at radius 3 is 2.78 bits per heavy atom. The van der Waals surface area contributed by atoms with E-state index in [0.29, 0.717) is 36.1 Å². The summed E-state index contributed by atoms with van der Waals surface area (Å²) in [6.07, 6.45) is 1.51. The highest BCUT2D eigenvalue weighted by Gasteiger charge is 2.39. The van der Waals surface area contributed by atoms with Crippen LogP contribution in [0.4, 0.5) is 4.39 Å². The zero-order valence-corrected chi connectivity index (χ0v) is 15.2. The standard InChI is InChI=1S/C19H21FN4O3/c1-3-16-22-23(10-17(25)21-13-8-19(2,27)9-13)18(26)15-6-11-4-5-12(20)7-14(11)24(15)16/h4-7,13,27H,3,8-10H2,1-2H3,(H,21,25)/t13-,19+. The minimum Gasteiger partial charge on any atom is -0.390 e. The van der Waals surface area contributed by atoms with Crippen molar-refractivity contribution in [3.63, 3.8) is 0 Å². The number of aliphatic hydroxyl groups is 1. The first-order chi connectivity index (χ1) is 12.8. The molecule has 8 heteroatoms. The molecule has 7 nitrogen and oxygen atoms in total. The van der Waals surface area contributed by atoms with E-state index in [2.05, 4.69) is 10.4 Å². The first-order valence-corrected chi connectivity index (χ1v) is 9.00. The summed E-state index contributed by atoms with van der Waals surface area (Å²) >= 11 is 0. The summed E-state index contributed by atoms with van der Waals surface area (Å²) in [4.78, 5) is 25.1. The molecule has 1 fully saturated rings. The number of aryl methyl sites for hydroxylation is 1. The van der Waals surface area contributed by atoms with Gasteiger partial charge in [-0.2, -0.15) is 5.10 Å². The minimum atomic E-state index is -0.733. The molecule has 2 N–H and O–H groups in total. The van der Waals surface area contributed by atoms with Crippen molar-refractivity contribution in [2.45, 2.75) is 51.3 Å². The first-order valence-electron chi connectivity index (χ1n) is 9.00. The van der Waals surface area contributed by atoms with Crippen LogP contribution in [0, 0.1) is 5.82 Å². The molecule has 1 amide bonds. The topological polar surface area (TPSA) is 88.6 Å². The van der Waals surface area contributed by atoms with E-state index in [1.54, 1.807) is 23.5 Å². The second kappa shape index (κ2) is 6.16. The van der Waals surface area contributed by atoms with Crippen LogP contribution in [-0.4, -0.2) is 36.8 Å². The third kappa shape index (κ3) is 3.10. The monoisotopic (exact) mass is 372 g/mol. The van der Waals surface area contributed by atoms with Gasteiger partial charge in [-0.3, -0.25) is 14.0 Å². The smallest absolute Gasteiger partial charge is 0.291 e. The Balaban J connectivity index is 1.69. The van der Waals surface area contributed by atoms with E-state index in [1.807, 2.05) is 6.92 Å². The molecular formula is C19H21FN4O3. The van der Waals surface area contributed by atoms with Crippen molar-refractivity contribution in [2.75, 3.05) is 0 Å². The van der Waals surface area contributed by atoms with E-state index in [4.69, 9.17) is 0 Å². The van der Waals surface area contributed by atoms with Crippen molar-refractivity contribution < 1.29 is 14.3 Å². The van der Waals surface area contributed by atoms with Gasteiger partial charge in [0.15, 0.2) is 0 Å². The summed E-state index contributed by atoms with van der Waals surface area (Å²) in [5.41, 5.74) is -0.191. The Morgan fingerprint density at radius 2 is 2.11 bits per heavy atom. The molecule has 1 aliphatic carbocycles. The molecule has 2 heterocycles. The first kappa shape index (κ1) is 17.7. The predicted molar refractivity (Wildman–Crippen MR) is 98.1 cm³/mol. The second-order valence-corrected chi connectivity index (χ2v) is 7.47. The molecule has 0 saturated heterocycles. The Hall–Kier alpha value is -2.74. The molecule has 0 aliphatic heterocycles. The van der Waals surface area contributed by atoms with Crippen LogP contribution in [0.5, 0.6) is 0 Å². The molecule has 2 aromatic heterocycles. The highest BCUT2D eigenvalue weighted by atomic mass is 19.1. The van der Waals surface area contributed by atoms with Gasteiger partial charge in [0.1, 0.15) is 23.7 Å². The summed E-state index contributed by atoms with van der Waals surface area (Å²) < 4.78 is 16.5. The van der Waals surface area contributed by atoms with E-state index < -0.39 is 11.2 Å². The van der Waals surface area contributed by atoms with E-state index >= 15 is 0 Å². The molecule has 27 heavy (non-hydrogen) atoms. The number of halogens is 1. The Morgan fingerprint density at radius 1 is 1.37 bits per heavy atom. The highest BCUT2D eigenvalue weighted by molar-refractivity contribution is 5.87. The van der Waals surface area contributed by atoms with Crippen LogP contribution in [0.3, 0.4) is 0 Å². The molecule has 0 unspecified atom stereocenters. The van der Waals surface area contributed by atoms with E-state index in [-0.39, 0.29) is 24.3 Å². The molecule has 142 valence electrons. The zero-order valence-electron chi connectivity index (χ0n) is 15.2. The van der Waals surface area contributed by atoms with E-state index in [1.165, 1.54) is 12.1 Å². The quantitative estimate of drug-likeness (QED) is 0.724. The lowest BCUT2D eigenvalue weighted by Gasteiger charge is -2.41. The summed E-state index contributed by atoms with van der Waals surface area (Å²) in [6.45, 7) is 3.42. The molecule has 4 rings (SSSR count). The third-order valence-electron chi connectivity index (χ3n) is 5.06. The second-order valence-electron chi connectivity index (χ2n) is 7.47. The SMILES string of the molecule is CCc1nn(CC(=O)N[C@H]2C[C@@](C)(O)C2)c(=O)c2cc3ccc(F)cc3n12. The normalized spacial score (nSPS) is 22.1. The van der Waals surface area contributed by atoms with Crippen LogP contribution < -0.4 is 10.9 Å². The number of hydrogen-bond acceptors (Lipinski definition) is 4. The maximum atomic E-state index is 13.7. The van der Waals surface area contributed by atoms with Gasteiger partial charge in [-0.05, 0) is 44.0 Å². The fraction of sp³-hybridized carbons (Fsp3) is 0.421. The van der Waals surface area contributed by atoms with Gasteiger partial charge in [0, 0.05) is 17.8 Å². The lowest BCUT2D eigenvalue weighted by atomic mass is 9.77. The number of amides is 1. The Labute approximate surface area is 154 Å². The average Bonchev–Trinajstić information content (AvgIpc) is 2.95. The van der Waals surface area contributed by atoms with Crippen LogP contribution in [0.15, 0.2) is 29.1 Å². The molecule has 0 atom stereocenters. The fourth-order valence-electron chi connectivity index (χ4n) is 3.82. The molecule has 3 aromatic rings. The van der Waals surface area contributed by atoms with E-state index in [0.717, 1.165) is 10.1 Å². The van der Waals surface area contributed by atoms with Gasteiger partial charge in [0.2, 0.25) is 5.91 Å². The van der Waals surface area contributed by atoms with Crippen molar-refractivity contribution >= 4 is 22.3 Å². The largest absolute Gasteiger partial charge is 0.390 e. The van der Waals surface area contributed by atoms with Crippen molar-refractivity contribution in [1.29, 1.82) is 0 Å². The summed E-state index contributed by atoms with van der Waals surface area (Å²) in [5, 5.41) is 17.6. The van der Waals surface area contributed by atoms with Gasteiger partial charge in [0.05, 0.1) is 11.1 Å². The number of nitrogens with one attached hydrogen (secondary N) is 1. The number of hydrogen-bond donors (Lipinski definition) is 2. The van der Waals surface area contributed by atoms with Gasteiger partial charge >= 0.3 is 0 Å². The number of carbonyl (C=O) groups excluding carboxylic acids is 1. The summed E-state index contributed by atoms with van der Waals surface area (Å²) in [6, 6.07) is 5.95. The van der Waals surface area contributed by atoms with Gasteiger partial charge in [-0.1, -0.05) is 6.92 Å². The Kier molecular flexibility index (Phi) is 4.03. The van der Waals surface area contributed by atoms with E-state index in [9.17, 15) is 19.1 Å². The number of rotatable bonds is 4. The van der Waals surface area contributed by atoms with Crippen LogP contribution in [-0.2, 0) is 17.8 Å². The van der Waals surface area contributed by atoms with Crippen molar-refractivity contribution in [2.24, 2.45) is 0 Å². The molecule has 1 aliphatic rings. The minimum absolute atomic E-state index is 0.0866. The van der Waals surface area contributed by atoms with Gasteiger partial charge in [0.25, 0.3) is 5.56 Å². The highest BCUT2D eigenvalue weighted by Crippen LogP contribution is 2.31. The molecule has 1 saturated carbocycles. The zero-order chi connectivity index (χ0) is 19.3. The van der Waals surface area contributed by atoms with Crippen LogP contribution in [0.2, 0.25) is 0 Å². The van der Waals surface area contributed by atoms with Crippen molar-refractivity contribution in [1.82, 2.24) is 19.5 Å². The third-order valence-corrected chi connectivity index (χ3v) is 5.06. The maximum Gasteiger partial charge on any atom is 0.291 e. The lowest BCUT2D eigenvalue weighted by Crippen LogP contribution is -2.54. The predicted octanol–water partition coefficient (Wildman–Crippen LogP) is 1.38. The Bertz CT molecular complexity index is 1110. The average molecular weight is 372 g/mol. The van der Waals surface area contributed by atoms with Crippen molar-refractivity contribution in [3.8, 4) is 0 Å². The number of aromatic nitrogens is 3. The maximum absolute atomic E-state index is 13.7. The molecular weight excluding hydrogens is 351 g/mol. The van der Waals surface area contributed by atoms with Gasteiger partial charge in [-0.25, -0.2) is 9.07 Å². The van der Waals surface area contributed by atoms with Gasteiger partial charge < -0.3 is 10.4 Å². The number of fused-ring (bicyclic) bond motifs is 3. The number of nitrogens with zero attached hydrogens (tertiary/aromatic N) is 3. The summed E-state index contributed by atoms with van der Waals surface area (Å²) in [7, 11) is 0. The molecule has 0 spiro atoms. The number of carbonyl (C=O) groups is 1. The van der Waals surface area contributed by atoms with Crippen LogP contribution >= 0.6 is 0 Å². The van der Waals surface area contributed by atoms with Gasteiger partial charge in [-0.15, -0.1) is 0 Å². The molecule has 1 aromatic carbocycles. The summed E-state index contributed by atoms with van der Waals surface area (Å²) in [5.74, 6) is -0.132. The van der Waals surface area contributed by atoms with Crippen LogP contribution in [0.25, 0.3) is 16.4 Å². The lowest BCUT2D eigenvalue weighted by molar-refractivity contribution is -0.125. The fourth-order valence-corrected chi connectivity index (χ4v) is 3.82. The molecule has 0 radical (unpaired) electrons. The van der Waals surface area contributed by atoms with Crippen molar-refractivity contribution in [3.05, 3.63) is 46.3 Å².